The van der Waals surface area contributed by atoms with E-state index in [9.17, 15) is 27.8 Å². The number of rotatable bonds is 5. The highest BCUT2D eigenvalue weighted by atomic mass is 35.5. The van der Waals surface area contributed by atoms with Crippen LogP contribution in [0.25, 0.3) is 0 Å². The fraction of sp³-hybridized carbons (Fsp3) is 0.538. The molecular weight excluding hydrogens is 300 g/mol. The van der Waals surface area contributed by atoms with Gasteiger partial charge in [0.15, 0.2) is 5.60 Å². The Balaban J connectivity index is 3.48. The quantitative estimate of drug-likeness (QED) is 0.647. The minimum Gasteiger partial charge on any atom is -0.384 e. The Kier molecular flexibility index (Phi) is 4.73. The monoisotopic (exact) mass is 314 g/mol. The molecule has 7 heteroatoms. The van der Waals surface area contributed by atoms with Crippen molar-refractivity contribution in [2.75, 3.05) is 5.88 Å². The molecular formula is C13H15ClF4O2. The van der Waals surface area contributed by atoms with Gasteiger partial charge in [-0.1, -0.05) is 13.0 Å². The van der Waals surface area contributed by atoms with Crippen LogP contribution in [0.3, 0.4) is 0 Å². The van der Waals surface area contributed by atoms with Crippen molar-refractivity contribution >= 4 is 11.6 Å². The number of hydrogen-bond donors (Lipinski definition) is 2. The van der Waals surface area contributed by atoms with E-state index >= 15 is 0 Å². The molecule has 0 saturated heterocycles. The maximum atomic E-state index is 14.4. The Morgan fingerprint density at radius 2 is 1.75 bits per heavy atom. The first-order valence-corrected chi connectivity index (χ1v) is 6.41. The average molecular weight is 315 g/mol. The van der Waals surface area contributed by atoms with E-state index in [-0.39, 0.29) is 0 Å². The predicted molar refractivity (Wildman–Crippen MR) is 66.8 cm³/mol. The molecule has 1 aromatic rings. The number of aliphatic hydroxyl groups is 2. The second kappa shape index (κ2) is 5.50. The third-order valence-electron chi connectivity index (χ3n) is 3.45. The Morgan fingerprint density at radius 3 is 2.15 bits per heavy atom. The van der Waals surface area contributed by atoms with Gasteiger partial charge in [-0.25, -0.2) is 8.78 Å². The maximum Gasteiger partial charge on any atom is 0.309 e. The third-order valence-corrected chi connectivity index (χ3v) is 3.84. The van der Waals surface area contributed by atoms with Gasteiger partial charge in [0.2, 0.25) is 0 Å². The van der Waals surface area contributed by atoms with E-state index in [1.807, 2.05) is 0 Å². The van der Waals surface area contributed by atoms with Gasteiger partial charge in [0, 0.05) is 11.6 Å². The standard InChI is InChI=1S/C13H15ClF4O2/c1-3-11(2,19)13(17,18)12(20,7-14)9-5-4-8(15)6-10(9)16/h4-6,19-20H,3,7H2,1-2H3. The summed E-state index contributed by atoms with van der Waals surface area (Å²) >= 11 is 5.40. The largest absolute Gasteiger partial charge is 0.384 e. The summed E-state index contributed by atoms with van der Waals surface area (Å²) in [6.07, 6.45) is -0.401. The lowest BCUT2D eigenvalue weighted by Crippen LogP contribution is -2.60. The normalized spacial score (nSPS) is 18.4. The lowest BCUT2D eigenvalue weighted by Gasteiger charge is -2.42. The van der Waals surface area contributed by atoms with Gasteiger partial charge >= 0.3 is 5.92 Å². The van der Waals surface area contributed by atoms with E-state index in [0.717, 1.165) is 13.0 Å². The molecule has 0 aliphatic heterocycles. The Bertz CT molecular complexity index is 493. The van der Waals surface area contributed by atoms with Gasteiger partial charge in [-0.05, 0) is 19.4 Å². The highest BCUT2D eigenvalue weighted by molar-refractivity contribution is 6.18. The molecule has 1 rings (SSSR count). The molecule has 2 N–H and O–H groups in total. The minimum absolute atomic E-state index is 0.365. The average Bonchev–Trinajstić information content (AvgIpc) is 2.37. The van der Waals surface area contributed by atoms with Crippen molar-refractivity contribution in [1.82, 2.24) is 0 Å². The summed E-state index contributed by atoms with van der Waals surface area (Å²) in [5, 5.41) is 19.9. The van der Waals surface area contributed by atoms with Gasteiger partial charge in [0.05, 0.1) is 5.88 Å². The highest BCUT2D eigenvalue weighted by Gasteiger charge is 2.63. The molecule has 114 valence electrons. The van der Waals surface area contributed by atoms with Crippen molar-refractivity contribution < 1.29 is 27.8 Å². The summed E-state index contributed by atoms with van der Waals surface area (Å²) in [6, 6.07) is 1.78. The molecule has 1 aromatic carbocycles. The number of hydrogen-bond acceptors (Lipinski definition) is 2. The molecule has 0 aliphatic rings. The number of halogens is 5. The molecule has 0 aromatic heterocycles. The van der Waals surface area contributed by atoms with Crippen molar-refractivity contribution in [2.45, 2.75) is 37.4 Å². The maximum absolute atomic E-state index is 14.4. The molecule has 0 amide bonds. The lowest BCUT2D eigenvalue weighted by molar-refractivity contribution is -0.267. The lowest BCUT2D eigenvalue weighted by atomic mass is 9.78. The van der Waals surface area contributed by atoms with Gasteiger partial charge in [0.25, 0.3) is 0 Å². The molecule has 0 aliphatic carbocycles. The summed E-state index contributed by atoms with van der Waals surface area (Å²) < 4.78 is 55.3. The molecule has 0 heterocycles. The van der Waals surface area contributed by atoms with Crippen LogP contribution < -0.4 is 0 Å². The molecule has 0 bridgehead atoms. The molecule has 2 atom stereocenters. The molecule has 2 nitrogen and oxygen atoms in total. The van der Waals surface area contributed by atoms with E-state index in [2.05, 4.69) is 0 Å². The van der Waals surface area contributed by atoms with Crippen LogP contribution in [0.4, 0.5) is 17.6 Å². The van der Waals surface area contributed by atoms with Crippen molar-refractivity contribution in [1.29, 1.82) is 0 Å². The molecule has 0 spiro atoms. The summed E-state index contributed by atoms with van der Waals surface area (Å²) in [5.41, 5.74) is -6.64. The van der Waals surface area contributed by atoms with Crippen LogP contribution in [0.15, 0.2) is 18.2 Å². The summed E-state index contributed by atoms with van der Waals surface area (Å²) in [4.78, 5) is 0. The second-order valence-electron chi connectivity index (χ2n) is 4.82. The van der Waals surface area contributed by atoms with Crippen LogP contribution in [0.1, 0.15) is 25.8 Å². The zero-order chi connectivity index (χ0) is 15.8. The van der Waals surface area contributed by atoms with Crippen molar-refractivity contribution in [3.63, 3.8) is 0 Å². The van der Waals surface area contributed by atoms with Crippen LogP contribution in [0.2, 0.25) is 0 Å². The molecule has 20 heavy (non-hydrogen) atoms. The van der Waals surface area contributed by atoms with E-state index in [1.165, 1.54) is 6.92 Å². The Labute approximate surface area is 119 Å². The second-order valence-corrected chi connectivity index (χ2v) is 5.09. The zero-order valence-electron chi connectivity index (χ0n) is 10.9. The van der Waals surface area contributed by atoms with Crippen LogP contribution in [0.5, 0.6) is 0 Å². The van der Waals surface area contributed by atoms with E-state index in [4.69, 9.17) is 11.6 Å². The first-order chi connectivity index (χ1) is 9.03. The van der Waals surface area contributed by atoms with Gasteiger partial charge in [-0.15, -0.1) is 11.6 Å². The van der Waals surface area contributed by atoms with Crippen LogP contribution in [-0.2, 0) is 5.60 Å². The summed E-state index contributed by atoms with van der Waals surface area (Å²) in [7, 11) is 0. The van der Waals surface area contributed by atoms with E-state index in [1.54, 1.807) is 0 Å². The predicted octanol–water partition coefficient (Wildman–Crippen LogP) is 3.19. The number of alkyl halides is 3. The topological polar surface area (TPSA) is 40.5 Å². The van der Waals surface area contributed by atoms with Crippen LogP contribution >= 0.6 is 11.6 Å². The van der Waals surface area contributed by atoms with Gasteiger partial charge in [-0.2, -0.15) is 8.78 Å². The highest BCUT2D eigenvalue weighted by Crippen LogP contribution is 2.47. The van der Waals surface area contributed by atoms with Crippen molar-refractivity contribution in [3.05, 3.63) is 35.4 Å². The van der Waals surface area contributed by atoms with Crippen molar-refractivity contribution in [2.24, 2.45) is 0 Å². The summed E-state index contributed by atoms with van der Waals surface area (Å²) in [6.45, 7) is 2.09. The molecule has 0 fully saturated rings. The SMILES string of the molecule is CCC(C)(O)C(F)(F)C(O)(CCl)c1ccc(F)cc1F. The fourth-order valence-corrected chi connectivity index (χ4v) is 2.13. The smallest absolute Gasteiger partial charge is 0.309 e. The number of benzene rings is 1. The van der Waals surface area contributed by atoms with Gasteiger partial charge in [-0.3, -0.25) is 0 Å². The molecule has 0 radical (unpaired) electrons. The van der Waals surface area contributed by atoms with Crippen LogP contribution in [0, 0.1) is 11.6 Å². The van der Waals surface area contributed by atoms with Crippen molar-refractivity contribution in [3.8, 4) is 0 Å². The Morgan fingerprint density at radius 1 is 1.20 bits per heavy atom. The minimum atomic E-state index is -4.14. The molecule has 0 saturated carbocycles. The van der Waals surface area contributed by atoms with Crippen LogP contribution in [-0.4, -0.2) is 27.6 Å². The first kappa shape index (κ1) is 17.2. The molecule has 2 unspecified atom stereocenters. The Hall–Kier alpha value is -0.850. The van der Waals surface area contributed by atoms with E-state index in [0.29, 0.717) is 12.1 Å². The summed E-state index contributed by atoms with van der Waals surface area (Å²) in [5.74, 6) is -7.55. The zero-order valence-corrected chi connectivity index (χ0v) is 11.7. The van der Waals surface area contributed by atoms with E-state index < -0.39 is 46.6 Å². The third kappa shape index (κ3) is 2.52. The van der Waals surface area contributed by atoms with Gasteiger partial charge < -0.3 is 10.2 Å². The first-order valence-electron chi connectivity index (χ1n) is 5.87. The fourth-order valence-electron chi connectivity index (χ4n) is 1.82. The van der Waals surface area contributed by atoms with Gasteiger partial charge in [0.1, 0.15) is 17.2 Å².